The van der Waals surface area contributed by atoms with Crippen molar-refractivity contribution in [1.82, 2.24) is 0 Å². The molecule has 0 saturated carbocycles. The maximum absolute atomic E-state index is 2.28. The highest BCUT2D eigenvalue weighted by atomic mass is 14.2. The van der Waals surface area contributed by atoms with Gasteiger partial charge in [0.15, 0.2) is 0 Å². The lowest BCUT2D eigenvalue weighted by Gasteiger charge is -2.19. The molecule has 0 atom stereocenters. The highest BCUT2D eigenvalue weighted by molar-refractivity contribution is 6.22. The van der Waals surface area contributed by atoms with Crippen LogP contribution >= 0.6 is 0 Å². The van der Waals surface area contributed by atoms with Gasteiger partial charge in [-0.25, -0.2) is 0 Å². The molecular weight excluding hydrogens is 492 g/mol. The molecule has 0 amide bonds. The monoisotopic (exact) mass is 522 g/mol. The Bertz CT molecular complexity index is 2050. The second kappa shape index (κ2) is 10.8. The molecule has 0 aliphatic rings. The van der Waals surface area contributed by atoms with Gasteiger partial charge in [-0.15, -0.1) is 0 Å². The highest BCUT2D eigenvalue weighted by Gasteiger charge is 2.18. The molecule has 41 heavy (non-hydrogen) atoms. The number of allylic oxidation sites excluding steroid dienone is 1. The van der Waals surface area contributed by atoms with Crippen molar-refractivity contribution in [3.8, 4) is 22.3 Å². The summed E-state index contributed by atoms with van der Waals surface area (Å²) in [4.78, 5) is 0. The van der Waals surface area contributed by atoms with Crippen molar-refractivity contribution in [2.45, 2.75) is 6.92 Å². The molecule has 0 nitrogen and oxygen atoms in total. The lowest BCUT2D eigenvalue weighted by atomic mass is 9.83. The molecule has 0 saturated heterocycles. The minimum atomic E-state index is 1.20. The molecule has 0 fully saturated rings. The predicted octanol–water partition coefficient (Wildman–Crippen LogP) is 11.7. The lowest BCUT2D eigenvalue weighted by molar-refractivity contribution is 1.61. The molecule has 0 heteroatoms. The van der Waals surface area contributed by atoms with Gasteiger partial charge < -0.3 is 0 Å². The Morgan fingerprint density at radius 1 is 0.390 bits per heavy atom. The van der Waals surface area contributed by atoms with Gasteiger partial charge in [-0.05, 0) is 84.3 Å². The highest BCUT2D eigenvalue weighted by Crippen LogP contribution is 2.45. The fraction of sp³-hybridized carbons (Fsp3) is 0.0244. The molecule has 194 valence electrons. The number of hydrogen-bond acceptors (Lipinski definition) is 0. The summed E-state index contributed by atoms with van der Waals surface area (Å²) in [6.07, 6.45) is 8.82. The van der Waals surface area contributed by atoms with Crippen LogP contribution in [0.1, 0.15) is 23.6 Å². The summed E-state index contributed by atoms with van der Waals surface area (Å²) in [5, 5.41) is 7.59. The lowest BCUT2D eigenvalue weighted by Crippen LogP contribution is -1.93. The van der Waals surface area contributed by atoms with Crippen molar-refractivity contribution >= 4 is 50.5 Å². The van der Waals surface area contributed by atoms with Gasteiger partial charge in [0.2, 0.25) is 0 Å². The van der Waals surface area contributed by atoms with Crippen molar-refractivity contribution in [3.05, 3.63) is 162 Å². The number of rotatable bonds is 5. The third-order valence-electron chi connectivity index (χ3n) is 7.97. The van der Waals surface area contributed by atoms with E-state index in [0.29, 0.717) is 0 Å². The van der Waals surface area contributed by atoms with Crippen LogP contribution in [0, 0.1) is 0 Å². The Hall–Kier alpha value is -5.20. The van der Waals surface area contributed by atoms with E-state index in [2.05, 4.69) is 171 Å². The van der Waals surface area contributed by atoms with Crippen LogP contribution in [0.3, 0.4) is 0 Å². The van der Waals surface area contributed by atoms with Gasteiger partial charge in [0.25, 0.3) is 0 Å². The summed E-state index contributed by atoms with van der Waals surface area (Å²) in [7, 11) is 0. The molecule has 0 unspecified atom stereocenters. The fourth-order valence-electron chi connectivity index (χ4n) is 6.13. The SMILES string of the molecule is C/C=C/c1ccccc1-c1c2ccccc2c(-c2ccccc2/C=C/c2ccc3ccccc3c2)c2ccccc12. The smallest absolute Gasteiger partial charge is 0.00204 e. The Morgan fingerprint density at radius 3 is 1.41 bits per heavy atom. The molecule has 0 heterocycles. The van der Waals surface area contributed by atoms with Crippen LogP contribution in [0.2, 0.25) is 0 Å². The van der Waals surface area contributed by atoms with E-state index in [9.17, 15) is 0 Å². The largest absolute Gasteiger partial charge is 0.0870 e. The molecule has 7 aromatic rings. The van der Waals surface area contributed by atoms with Gasteiger partial charge in [-0.3, -0.25) is 0 Å². The van der Waals surface area contributed by atoms with Crippen molar-refractivity contribution < 1.29 is 0 Å². The predicted molar refractivity (Wildman–Crippen MR) is 180 cm³/mol. The summed E-state index contributed by atoms with van der Waals surface area (Å²) in [5.41, 5.74) is 8.71. The summed E-state index contributed by atoms with van der Waals surface area (Å²) >= 11 is 0. The number of fused-ring (bicyclic) bond motifs is 3. The Kier molecular flexibility index (Phi) is 6.51. The maximum atomic E-state index is 2.28. The van der Waals surface area contributed by atoms with E-state index in [1.807, 2.05) is 0 Å². The van der Waals surface area contributed by atoms with Gasteiger partial charge in [-0.1, -0.05) is 158 Å². The molecule has 7 rings (SSSR count). The zero-order chi connectivity index (χ0) is 27.6. The van der Waals surface area contributed by atoms with Crippen LogP contribution in [-0.4, -0.2) is 0 Å². The van der Waals surface area contributed by atoms with E-state index < -0.39 is 0 Å². The first kappa shape index (κ1) is 24.8. The van der Waals surface area contributed by atoms with Crippen LogP contribution in [0.4, 0.5) is 0 Å². The first-order valence-corrected chi connectivity index (χ1v) is 14.2. The third kappa shape index (κ3) is 4.54. The average molecular weight is 523 g/mol. The standard InChI is InChI=1S/C41H30/c1-2-13-31-15-5-7-18-34(31)40-36-20-9-11-22-38(36)41(39-23-12-10-21-37(39)40)35-19-8-6-16-32(35)27-25-29-24-26-30-14-3-4-17-33(30)28-29/h2-28H,1H3/b13-2+,27-25+. The van der Waals surface area contributed by atoms with E-state index >= 15 is 0 Å². The molecule has 0 aromatic heterocycles. The number of benzene rings is 7. The molecule has 7 aromatic carbocycles. The van der Waals surface area contributed by atoms with Gasteiger partial charge in [-0.2, -0.15) is 0 Å². The van der Waals surface area contributed by atoms with E-state index in [1.54, 1.807) is 0 Å². The summed E-state index contributed by atoms with van der Waals surface area (Å²) in [6, 6.07) is 50.5. The van der Waals surface area contributed by atoms with Crippen LogP contribution in [0.25, 0.3) is 72.8 Å². The van der Waals surface area contributed by atoms with Gasteiger partial charge >= 0.3 is 0 Å². The van der Waals surface area contributed by atoms with Crippen LogP contribution in [0.5, 0.6) is 0 Å². The quantitative estimate of drug-likeness (QED) is 0.156. The molecule has 0 aliphatic carbocycles. The van der Waals surface area contributed by atoms with Crippen LogP contribution in [0.15, 0.2) is 146 Å². The van der Waals surface area contributed by atoms with E-state index in [4.69, 9.17) is 0 Å². The van der Waals surface area contributed by atoms with Gasteiger partial charge in [0, 0.05) is 0 Å². The van der Waals surface area contributed by atoms with Crippen molar-refractivity contribution in [3.63, 3.8) is 0 Å². The zero-order valence-corrected chi connectivity index (χ0v) is 23.1. The molecule has 0 spiro atoms. The molecule has 0 aliphatic heterocycles. The van der Waals surface area contributed by atoms with Crippen LogP contribution in [-0.2, 0) is 0 Å². The Balaban J connectivity index is 1.47. The van der Waals surface area contributed by atoms with Gasteiger partial charge in [0.1, 0.15) is 0 Å². The normalized spacial score (nSPS) is 11.8. The zero-order valence-electron chi connectivity index (χ0n) is 23.1. The number of hydrogen-bond donors (Lipinski definition) is 0. The second-order valence-electron chi connectivity index (χ2n) is 10.5. The molecule has 0 radical (unpaired) electrons. The summed E-state index contributed by atoms with van der Waals surface area (Å²) < 4.78 is 0. The Morgan fingerprint density at radius 2 is 0.854 bits per heavy atom. The van der Waals surface area contributed by atoms with Crippen molar-refractivity contribution in [1.29, 1.82) is 0 Å². The molecule has 0 N–H and O–H groups in total. The fourth-order valence-corrected chi connectivity index (χ4v) is 6.13. The maximum Gasteiger partial charge on any atom is -0.00204 e. The van der Waals surface area contributed by atoms with Crippen LogP contribution < -0.4 is 0 Å². The van der Waals surface area contributed by atoms with Crippen molar-refractivity contribution in [2.24, 2.45) is 0 Å². The molecule has 0 bridgehead atoms. The minimum absolute atomic E-state index is 1.20. The van der Waals surface area contributed by atoms with Gasteiger partial charge in [0.05, 0.1) is 0 Å². The third-order valence-corrected chi connectivity index (χ3v) is 7.97. The van der Waals surface area contributed by atoms with Crippen molar-refractivity contribution in [2.75, 3.05) is 0 Å². The Labute approximate surface area is 241 Å². The first-order chi connectivity index (χ1) is 20.3. The van der Waals surface area contributed by atoms with E-state index in [1.165, 1.54) is 71.3 Å². The first-order valence-electron chi connectivity index (χ1n) is 14.2. The van der Waals surface area contributed by atoms with E-state index in [0.717, 1.165) is 0 Å². The van der Waals surface area contributed by atoms with E-state index in [-0.39, 0.29) is 0 Å². The summed E-state index contributed by atoms with van der Waals surface area (Å²) in [5.74, 6) is 0. The molecular formula is C41H30. The topological polar surface area (TPSA) is 0 Å². The summed E-state index contributed by atoms with van der Waals surface area (Å²) in [6.45, 7) is 2.08. The minimum Gasteiger partial charge on any atom is -0.0870 e. The second-order valence-corrected chi connectivity index (χ2v) is 10.5. The average Bonchev–Trinajstić information content (AvgIpc) is 3.03.